The standard InChI is InChI=1S/C23H22F4N4O/c1-31(13-17-3-2-4-18(11-17)23(25,26)27)22-21(24)19(29-14-30-22)10-9-15-5-7-16(8-6-15)12-20(28)32/h2-8,11,14H,9-10,12-13H2,1H3,(H2,28,32). The largest absolute Gasteiger partial charge is 0.416 e. The van der Waals surface area contributed by atoms with Crippen LogP contribution in [0, 0.1) is 5.82 Å². The fraction of sp³-hybridized carbons (Fsp3) is 0.261. The van der Waals surface area contributed by atoms with Crippen molar-refractivity contribution in [1.29, 1.82) is 0 Å². The molecule has 1 heterocycles. The van der Waals surface area contributed by atoms with E-state index in [4.69, 9.17) is 5.73 Å². The maximum absolute atomic E-state index is 15.0. The molecule has 0 fully saturated rings. The van der Waals surface area contributed by atoms with Crippen LogP contribution in [-0.2, 0) is 36.8 Å². The Bertz CT molecular complexity index is 1080. The number of anilines is 1. The van der Waals surface area contributed by atoms with Gasteiger partial charge in [0.05, 0.1) is 17.7 Å². The van der Waals surface area contributed by atoms with E-state index >= 15 is 4.39 Å². The monoisotopic (exact) mass is 446 g/mol. The fourth-order valence-electron chi connectivity index (χ4n) is 3.32. The molecular formula is C23H22F4N4O. The molecule has 0 spiro atoms. The molecule has 0 unspecified atom stereocenters. The smallest absolute Gasteiger partial charge is 0.369 e. The molecule has 0 aliphatic carbocycles. The highest BCUT2D eigenvalue weighted by molar-refractivity contribution is 5.76. The van der Waals surface area contributed by atoms with Crippen molar-refractivity contribution in [2.75, 3.05) is 11.9 Å². The molecule has 0 aliphatic rings. The van der Waals surface area contributed by atoms with Gasteiger partial charge in [0.25, 0.3) is 0 Å². The highest BCUT2D eigenvalue weighted by Crippen LogP contribution is 2.30. The zero-order valence-electron chi connectivity index (χ0n) is 17.4. The summed E-state index contributed by atoms with van der Waals surface area (Å²) in [6.45, 7) is 0.0542. The average Bonchev–Trinajstić information content (AvgIpc) is 2.73. The van der Waals surface area contributed by atoms with Crippen LogP contribution in [0.25, 0.3) is 0 Å². The Labute approximate surface area is 182 Å². The van der Waals surface area contributed by atoms with Gasteiger partial charge < -0.3 is 10.6 Å². The lowest BCUT2D eigenvalue weighted by atomic mass is 10.0. The molecule has 0 radical (unpaired) electrons. The Hall–Kier alpha value is -3.49. The predicted molar refractivity (Wildman–Crippen MR) is 112 cm³/mol. The van der Waals surface area contributed by atoms with Crippen LogP contribution in [0.5, 0.6) is 0 Å². The molecule has 0 atom stereocenters. The zero-order chi connectivity index (χ0) is 23.3. The molecule has 1 aromatic heterocycles. The number of amides is 1. The fourth-order valence-corrected chi connectivity index (χ4v) is 3.32. The number of aryl methyl sites for hydroxylation is 2. The van der Waals surface area contributed by atoms with E-state index in [0.717, 1.165) is 23.3 Å². The summed E-state index contributed by atoms with van der Waals surface area (Å²) in [5, 5.41) is 0. The van der Waals surface area contributed by atoms with Gasteiger partial charge in [-0.1, -0.05) is 36.4 Å². The number of alkyl halides is 3. The number of carbonyl (C=O) groups is 1. The molecular weight excluding hydrogens is 424 g/mol. The van der Waals surface area contributed by atoms with Gasteiger partial charge in [-0.05, 0) is 41.7 Å². The van der Waals surface area contributed by atoms with E-state index in [1.165, 1.54) is 17.3 Å². The van der Waals surface area contributed by atoms with E-state index in [9.17, 15) is 18.0 Å². The second kappa shape index (κ2) is 9.76. The molecule has 2 aromatic carbocycles. The molecule has 0 saturated heterocycles. The molecule has 32 heavy (non-hydrogen) atoms. The lowest BCUT2D eigenvalue weighted by Gasteiger charge is -2.20. The number of hydrogen-bond donors (Lipinski definition) is 1. The van der Waals surface area contributed by atoms with E-state index in [-0.39, 0.29) is 24.5 Å². The number of nitrogens with zero attached hydrogens (tertiary/aromatic N) is 3. The van der Waals surface area contributed by atoms with Gasteiger partial charge in [-0.3, -0.25) is 4.79 Å². The summed E-state index contributed by atoms with van der Waals surface area (Å²) < 4.78 is 53.8. The number of primary amides is 1. The number of carbonyl (C=O) groups excluding carboxylic acids is 1. The van der Waals surface area contributed by atoms with Crippen LogP contribution in [0.1, 0.15) is 27.9 Å². The second-order valence-corrected chi connectivity index (χ2v) is 7.47. The predicted octanol–water partition coefficient (Wildman–Crippen LogP) is 4.08. The van der Waals surface area contributed by atoms with Crippen molar-refractivity contribution in [2.45, 2.75) is 32.0 Å². The molecule has 0 aliphatic heterocycles. The molecule has 168 valence electrons. The normalized spacial score (nSPS) is 11.4. The van der Waals surface area contributed by atoms with Gasteiger partial charge in [-0.25, -0.2) is 14.4 Å². The van der Waals surface area contributed by atoms with Crippen LogP contribution in [0.2, 0.25) is 0 Å². The van der Waals surface area contributed by atoms with Crippen LogP contribution in [0.15, 0.2) is 54.9 Å². The van der Waals surface area contributed by atoms with E-state index in [1.807, 2.05) is 12.1 Å². The van der Waals surface area contributed by atoms with E-state index in [2.05, 4.69) is 9.97 Å². The van der Waals surface area contributed by atoms with E-state index in [0.29, 0.717) is 18.4 Å². The van der Waals surface area contributed by atoms with E-state index < -0.39 is 23.5 Å². The topological polar surface area (TPSA) is 72.1 Å². The second-order valence-electron chi connectivity index (χ2n) is 7.47. The summed E-state index contributed by atoms with van der Waals surface area (Å²) in [6, 6.07) is 12.2. The van der Waals surface area contributed by atoms with Gasteiger partial charge in [-0.2, -0.15) is 13.2 Å². The van der Waals surface area contributed by atoms with Gasteiger partial charge in [0, 0.05) is 13.6 Å². The first-order valence-electron chi connectivity index (χ1n) is 9.86. The number of hydrogen-bond acceptors (Lipinski definition) is 4. The minimum atomic E-state index is -4.44. The Kier molecular flexibility index (Phi) is 7.07. The first-order chi connectivity index (χ1) is 15.1. The molecule has 9 heteroatoms. The minimum absolute atomic E-state index is 0.0178. The van der Waals surface area contributed by atoms with Crippen molar-refractivity contribution in [3.63, 3.8) is 0 Å². The highest BCUT2D eigenvalue weighted by atomic mass is 19.4. The molecule has 1 amide bonds. The quantitative estimate of drug-likeness (QED) is 0.529. The van der Waals surface area contributed by atoms with Crippen molar-refractivity contribution >= 4 is 11.7 Å². The van der Waals surface area contributed by atoms with Crippen LogP contribution in [0.3, 0.4) is 0 Å². The number of rotatable bonds is 8. The first kappa shape index (κ1) is 23.2. The Morgan fingerprint density at radius 2 is 1.69 bits per heavy atom. The summed E-state index contributed by atoms with van der Waals surface area (Å²) in [6.07, 6.45) is -2.22. The van der Waals surface area contributed by atoms with Crippen molar-refractivity contribution in [2.24, 2.45) is 5.73 Å². The molecule has 0 bridgehead atoms. The molecule has 5 nitrogen and oxygen atoms in total. The Balaban J connectivity index is 1.69. The number of benzene rings is 2. The third kappa shape index (κ3) is 6.03. The number of nitrogens with two attached hydrogens (primary N) is 1. The number of halogens is 4. The van der Waals surface area contributed by atoms with Crippen LogP contribution < -0.4 is 10.6 Å². The minimum Gasteiger partial charge on any atom is -0.369 e. The number of aromatic nitrogens is 2. The summed E-state index contributed by atoms with van der Waals surface area (Å²) >= 11 is 0. The van der Waals surface area contributed by atoms with Gasteiger partial charge in [0.1, 0.15) is 6.33 Å². The average molecular weight is 446 g/mol. The Morgan fingerprint density at radius 3 is 2.34 bits per heavy atom. The molecule has 0 saturated carbocycles. The third-order valence-corrected chi connectivity index (χ3v) is 4.93. The summed E-state index contributed by atoms with van der Waals surface area (Å²) in [5.41, 5.74) is 6.76. The summed E-state index contributed by atoms with van der Waals surface area (Å²) in [5.74, 6) is -1.00. The van der Waals surface area contributed by atoms with Crippen LogP contribution in [-0.4, -0.2) is 22.9 Å². The first-order valence-corrected chi connectivity index (χ1v) is 9.86. The maximum Gasteiger partial charge on any atom is 0.416 e. The molecule has 3 aromatic rings. The van der Waals surface area contributed by atoms with E-state index in [1.54, 1.807) is 25.2 Å². The van der Waals surface area contributed by atoms with Crippen molar-refractivity contribution in [1.82, 2.24) is 9.97 Å². The van der Waals surface area contributed by atoms with Crippen molar-refractivity contribution in [3.05, 3.63) is 88.6 Å². The molecule has 3 rings (SSSR count). The van der Waals surface area contributed by atoms with Gasteiger partial charge >= 0.3 is 6.18 Å². The van der Waals surface area contributed by atoms with Crippen molar-refractivity contribution in [3.8, 4) is 0 Å². The summed E-state index contributed by atoms with van der Waals surface area (Å²) in [7, 11) is 1.56. The van der Waals surface area contributed by atoms with Crippen LogP contribution in [0.4, 0.5) is 23.4 Å². The SMILES string of the molecule is CN(Cc1cccc(C(F)(F)F)c1)c1ncnc(CCc2ccc(CC(N)=O)cc2)c1F. The van der Waals surface area contributed by atoms with Crippen LogP contribution >= 0.6 is 0 Å². The van der Waals surface area contributed by atoms with Gasteiger partial charge in [0.15, 0.2) is 11.6 Å². The lowest BCUT2D eigenvalue weighted by molar-refractivity contribution is -0.137. The molecule has 2 N–H and O–H groups in total. The van der Waals surface area contributed by atoms with Gasteiger partial charge in [0.2, 0.25) is 5.91 Å². The Morgan fingerprint density at radius 1 is 1.00 bits per heavy atom. The third-order valence-electron chi connectivity index (χ3n) is 4.93. The summed E-state index contributed by atoms with van der Waals surface area (Å²) in [4.78, 5) is 20.4. The lowest BCUT2D eigenvalue weighted by Crippen LogP contribution is -2.21. The zero-order valence-corrected chi connectivity index (χ0v) is 17.4. The highest BCUT2D eigenvalue weighted by Gasteiger charge is 2.30. The maximum atomic E-state index is 15.0. The van der Waals surface area contributed by atoms with Gasteiger partial charge in [-0.15, -0.1) is 0 Å². The van der Waals surface area contributed by atoms with Crippen molar-refractivity contribution < 1.29 is 22.4 Å².